The Kier molecular flexibility index (Phi) is 7.30. The Morgan fingerprint density at radius 2 is 2.00 bits per heavy atom. The molecule has 0 saturated carbocycles. The molecule has 2 heterocycles. The molecule has 174 valence electrons. The number of aromatic amines is 1. The lowest BCUT2D eigenvalue weighted by Crippen LogP contribution is -2.39. The molecule has 2 N–H and O–H groups in total. The summed E-state index contributed by atoms with van der Waals surface area (Å²) in [7, 11) is 0. The average Bonchev–Trinajstić information content (AvgIpc) is 3.19. The normalized spacial score (nSPS) is 13.3. The number of tetrazole rings is 1. The predicted molar refractivity (Wildman–Crippen MR) is 124 cm³/mol. The molecule has 0 aliphatic heterocycles. The van der Waals surface area contributed by atoms with Crippen molar-refractivity contribution < 1.29 is 9.84 Å². The average molecular weight is 443 g/mol. The third-order valence-corrected chi connectivity index (χ3v) is 5.38. The second kappa shape index (κ2) is 9.79. The number of rotatable bonds is 9. The maximum atomic E-state index is 12.9. The van der Waals surface area contributed by atoms with E-state index in [1.807, 2.05) is 56.6 Å². The van der Waals surface area contributed by atoms with Gasteiger partial charge in [-0.05, 0) is 68.3 Å². The van der Waals surface area contributed by atoms with Crippen molar-refractivity contribution in [3.05, 3.63) is 46.0 Å². The van der Waals surface area contributed by atoms with E-state index in [9.17, 15) is 9.90 Å². The van der Waals surface area contributed by atoms with Gasteiger partial charge in [-0.2, -0.15) is 0 Å². The third-order valence-electron chi connectivity index (χ3n) is 5.38. The van der Waals surface area contributed by atoms with Crippen molar-refractivity contribution in [1.29, 1.82) is 0 Å². The van der Waals surface area contributed by atoms with Crippen LogP contribution >= 0.6 is 0 Å². The van der Waals surface area contributed by atoms with Crippen LogP contribution in [0.2, 0.25) is 0 Å². The zero-order valence-corrected chi connectivity index (χ0v) is 19.8. The molecule has 3 rings (SSSR count). The SMILES string of the molecule is CCOc1ccc2[nH]c(=O)c(CN(CCO)[C@@H](c3nnnn3C(C)(C)C)C(C)C)cc2c1. The van der Waals surface area contributed by atoms with E-state index in [1.165, 1.54) is 0 Å². The second-order valence-corrected chi connectivity index (χ2v) is 9.31. The van der Waals surface area contributed by atoms with Crippen LogP contribution in [-0.4, -0.2) is 55.0 Å². The molecule has 0 spiro atoms. The van der Waals surface area contributed by atoms with E-state index < -0.39 is 0 Å². The minimum absolute atomic E-state index is 0.0414. The van der Waals surface area contributed by atoms with Crippen LogP contribution in [0.4, 0.5) is 0 Å². The highest BCUT2D eigenvalue weighted by atomic mass is 16.5. The maximum Gasteiger partial charge on any atom is 0.252 e. The van der Waals surface area contributed by atoms with Crippen LogP contribution in [0.5, 0.6) is 5.75 Å². The number of ether oxygens (including phenoxy) is 1. The summed E-state index contributed by atoms with van der Waals surface area (Å²) in [6.07, 6.45) is 0. The molecular formula is C23H34N6O3. The largest absolute Gasteiger partial charge is 0.494 e. The van der Waals surface area contributed by atoms with Gasteiger partial charge < -0.3 is 14.8 Å². The molecule has 0 amide bonds. The number of nitrogens with zero attached hydrogens (tertiary/aromatic N) is 5. The lowest BCUT2D eigenvalue weighted by Gasteiger charge is -2.34. The van der Waals surface area contributed by atoms with Gasteiger partial charge in [0.1, 0.15) is 5.75 Å². The molecular weight excluding hydrogens is 408 g/mol. The Labute approximate surface area is 188 Å². The summed E-state index contributed by atoms with van der Waals surface area (Å²) in [6.45, 7) is 13.5. The summed E-state index contributed by atoms with van der Waals surface area (Å²) in [5, 5.41) is 23.2. The molecule has 0 radical (unpaired) electrons. The van der Waals surface area contributed by atoms with Crippen molar-refractivity contribution >= 4 is 10.9 Å². The minimum atomic E-state index is -0.299. The van der Waals surface area contributed by atoms with Gasteiger partial charge in [0.2, 0.25) is 0 Å². The van der Waals surface area contributed by atoms with E-state index in [-0.39, 0.29) is 29.7 Å². The number of aromatic nitrogens is 5. The number of aliphatic hydroxyl groups excluding tert-OH is 1. The monoisotopic (exact) mass is 442 g/mol. The second-order valence-electron chi connectivity index (χ2n) is 9.31. The number of aliphatic hydroxyl groups is 1. The van der Waals surface area contributed by atoms with Crippen molar-refractivity contribution in [3.63, 3.8) is 0 Å². The van der Waals surface area contributed by atoms with Crippen LogP contribution in [0.15, 0.2) is 29.1 Å². The van der Waals surface area contributed by atoms with Crippen LogP contribution < -0.4 is 10.3 Å². The standard InChI is InChI=1S/C23H34N6O3/c1-7-32-18-8-9-19-16(13-18)12-17(22(31)24-19)14-28(10-11-30)20(15(2)3)21-25-26-27-29(21)23(4,5)6/h8-9,12-13,15,20,30H,7,10-11,14H2,1-6H3,(H,24,31)/t20-/m1/s1. The summed E-state index contributed by atoms with van der Waals surface area (Å²) < 4.78 is 7.43. The van der Waals surface area contributed by atoms with Crippen molar-refractivity contribution in [2.45, 2.75) is 59.7 Å². The lowest BCUT2D eigenvalue weighted by atomic mass is 9.99. The highest BCUT2D eigenvalue weighted by Crippen LogP contribution is 2.30. The van der Waals surface area contributed by atoms with Crippen LogP contribution in [0.1, 0.15) is 59.0 Å². The molecule has 0 saturated heterocycles. The first-order valence-electron chi connectivity index (χ1n) is 11.1. The van der Waals surface area contributed by atoms with Gasteiger partial charge in [-0.25, -0.2) is 4.68 Å². The van der Waals surface area contributed by atoms with Crippen molar-refractivity contribution in [2.75, 3.05) is 19.8 Å². The topological polar surface area (TPSA) is 109 Å². The van der Waals surface area contributed by atoms with E-state index in [1.54, 1.807) is 0 Å². The van der Waals surface area contributed by atoms with Gasteiger partial charge in [0, 0.05) is 29.6 Å². The van der Waals surface area contributed by atoms with E-state index in [0.717, 1.165) is 22.5 Å². The van der Waals surface area contributed by atoms with Gasteiger partial charge in [-0.3, -0.25) is 9.69 Å². The number of fused-ring (bicyclic) bond motifs is 1. The fraction of sp³-hybridized carbons (Fsp3) is 0.565. The molecule has 1 aromatic carbocycles. The van der Waals surface area contributed by atoms with E-state index in [0.29, 0.717) is 25.3 Å². The summed E-state index contributed by atoms with van der Waals surface area (Å²) in [5.41, 5.74) is 0.919. The van der Waals surface area contributed by atoms with Crippen LogP contribution in [-0.2, 0) is 12.1 Å². The van der Waals surface area contributed by atoms with Gasteiger partial charge >= 0.3 is 0 Å². The Hall–Kier alpha value is -2.78. The Morgan fingerprint density at radius 1 is 1.25 bits per heavy atom. The number of hydrogen-bond donors (Lipinski definition) is 2. The predicted octanol–water partition coefficient (Wildman–Crippen LogP) is 2.86. The van der Waals surface area contributed by atoms with E-state index in [2.05, 4.69) is 39.3 Å². The van der Waals surface area contributed by atoms with Crippen LogP contribution in [0.3, 0.4) is 0 Å². The molecule has 0 fully saturated rings. The van der Waals surface area contributed by atoms with Gasteiger partial charge in [0.05, 0.1) is 24.8 Å². The van der Waals surface area contributed by atoms with Crippen LogP contribution in [0.25, 0.3) is 10.9 Å². The summed E-state index contributed by atoms with van der Waals surface area (Å²) >= 11 is 0. The molecule has 9 nitrogen and oxygen atoms in total. The van der Waals surface area contributed by atoms with Crippen molar-refractivity contribution in [1.82, 2.24) is 30.1 Å². The number of benzene rings is 1. The van der Waals surface area contributed by atoms with Gasteiger partial charge in [0.25, 0.3) is 5.56 Å². The van der Waals surface area contributed by atoms with Crippen LogP contribution in [0, 0.1) is 5.92 Å². The number of H-pyrrole nitrogens is 1. The molecule has 0 aliphatic carbocycles. The molecule has 3 aromatic rings. The van der Waals surface area contributed by atoms with Crippen molar-refractivity contribution in [3.8, 4) is 5.75 Å². The molecule has 0 unspecified atom stereocenters. The van der Waals surface area contributed by atoms with Crippen molar-refractivity contribution in [2.24, 2.45) is 5.92 Å². The number of hydrogen-bond acceptors (Lipinski definition) is 7. The molecule has 32 heavy (non-hydrogen) atoms. The smallest absolute Gasteiger partial charge is 0.252 e. The van der Waals surface area contributed by atoms with E-state index in [4.69, 9.17) is 4.74 Å². The molecule has 1 atom stereocenters. The molecule has 0 aliphatic rings. The maximum absolute atomic E-state index is 12.9. The quantitative estimate of drug-likeness (QED) is 0.524. The zero-order chi connectivity index (χ0) is 23.5. The minimum Gasteiger partial charge on any atom is -0.494 e. The first kappa shape index (κ1) is 23.9. The summed E-state index contributed by atoms with van der Waals surface area (Å²) in [5.74, 6) is 1.63. The number of pyridine rings is 1. The third kappa shape index (κ3) is 5.16. The number of nitrogens with one attached hydrogen (secondary N) is 1. The highest BCUT2D eigenvalue weighted by molar-refractivity contribution is 5.80. The highest BCUT2D eigenvalue weighted by Gasteiger charge is 2.32. The summed E-state index contributed by atoms with van der Waals surface area (Å²) in [6, 6.07) is 7.34. The van der Waals surface area contributed by atoms with Gasteiger partial charge in [-0.15, -0.1) is 5.10 Å². The lowest BCUT2D eigenvalue weighted by molar-refractivity contribution is 0.101. The first-order valence-corrected chi connectivity index (χ1v) is 11.1. The van der Waals surface area contributed by atoms with Gasteiger partial charge in [0.15, 0.2) is 5.82 Å². The fourth-order valence-electron chi connectivity index (χ4n) is 4.01. The van der Waals surface area contributed by atoms with E-state index >= 15 is 0 Å². The Morgan fingerprint density at radius 3 is 2.62 bits per heavy atom. The zero-order valence-electron chi connectivity index (χ0n) is 19.8. The molecule has 9 heteroatoms. The van der Waals surface area contributed by atoms with Gasteiger partial charge in [-0.1, -0.05) is 13.8 Å². The molecule has 0 bridgehead atoms. The Bertz CT molecular complexity index is 1100. The Balaban J connectivity index is 2.02. The molecule has 2 aromatic heterocycles. The fourth-order valence-corrected chi connectivity index (χ4v) is 4.01. The first-order chi connectivity index (χ1) is 15.2. The summed E-state index contributed by atoms with van der Waals surface area (Å²) in [4.78, 5) is 17.9.